The summed E-state index contributed by atoms with van der Waals surface area (Å²) in [6.45, 7) is 0. The topological polar surface area (TPSA) is 66.7 Å². The lowest BCUT2D eigenvalue weighted by molar-refractivity contribution is 0.0692. The van der Waals surface area contributed by atoms with E-state index in [-0.39, 0.29) is 11.1 Å². The molecule has 2 aromatic carbocycles. The molecule has 0 unspecified atom stereocenters. The molecule has 1 N–H and O–H groups in total. The van der Waals surface area contributed by atoms with E-state index in [2.05, 4.69) is 4.99 Å². The summed E-state index contributed by atoms with van der Waals surface area (Å²) in [5, 5.41) is 9.00. The van der Waals surface area contributed by atoms with Gasteiger partial charge < -0.3 is 5.11 Å². The number of rotatable bonds is 3. The van der Waals surface area contributed by atoms with Crippen LogP contribution >= 0.6 is 0 Å². The van der Waals surface area contributed by atoms with Gasteiger partial charge in [-0.15, -0.1) is 0 Å². The lowest BCUT2D eigenvalue weighted by Crippen LogP contribution is -2.06. The van der Waals surface area contributed by atoms with E-state index in [0.29, 0.717) is 0 Å². The Morgan fingerprint density at radius 1 is 0.895 bits per heavy atom. The van der Waals surface area contributed by atoms with Gasteiger partial charge >= 0.3 is 5.97 Å². The molecule has 0 aromatic heterocycles. The SMILES string of the molecule is O=C(O)c1ccccc1C(=O)N=Cc1ccccc1. The van der Waals surface area contributed by atoms with Crippen LogP contribution in [0.25, 0.3) is 0 Å². The van der Waals surface area contributed by atoms with Crippen molar-refractivity contribution in [1.82, 2.24) is 0 Å². The average Bonchev–Trinajstić information content (AvgIpc) is 2.46. The maximum absolute atomic E-state index is 11.9. The number of carbonyl (C=O) groups is 2. The van der Waals surface area contributed by atoms with Gasteiger partial charge in [0.15, 0.2) is 0 Å². The number of hydrogen-bond donors (Lipinski definition) is 1. The molecule has 19 heavy (non-hydrogen) atoms. The smallest absolute Gasteiger partial charge is 0.336 e. The first-order valence-electron chi connectivity index (χ1n) is 5.64. The number of amides is 1. The molecule has 0 aliphatic rings. The van der Waals surface area contributed by atoms with Gasteiger partial charge in [-0.1, -0.05) is 42.5 Å². The van der Waals surface area contributed by atoms with Gasteiger partial charge in [-0.05, 0) is 17.7 Å². The highest BCUT2D eigenvalue weighted by molar-refractivity contribution is 6.08. The summed E-state index contributed by atoms with van der Waals surface area (Å²) in [5.41, 5.74) is 0.823. The van der Waals surface area contributed by atoms with Crippen LogP contribution in [0.15, 0.2) is 59.6 Å². The molecule has 1 amide bonds. The van der Waals surface area contributed by atoms with Crippen molar-refractivity contribution in [2.24, 2.45) is 4.99 Å². The Morgan fingerprint density at radius 3 is 2.11 bits per heavy atom. The third-order valence-corrected chi connectivity index (χ3v) is 2.52. The summed E-state index contributed by atoms with van der Waals surface area (Å²) in [6, 6.07) is 15.1. The zero-order chi connectivity index (χ0) is 13.7. The molecule has 0 bridgehead atoms. The number of aromatic carboxylic acids is 1. The number of nitrogens with zero attached hydrogens (tertiary/aromatic N) is 1. The maximum atomic E-state index is 11.9. The first-order valence-corrected chi connectivity index (χ1v) is 5.64. The normalized spacial score (nSPS) is 10.5. The maximum Gasteiger partial charge on any atom is 0.336 e. The number of carboxylic acids is 1. The van der Waals surface area contributed by atoms with E-state index in [1.165, 1.54) is 18.3 Å². The Balaban J connectivity index is 2.26. The summed E-state index contributed by atoms with van der Waals surface area (Å²) in [7, 11) is 0. The van der Waals surface area contributed by atoms with Gasteiger partial charge in [0.2, 0.25) is 0 Å². The summed E-state index contributed by atoms with van der Waals surface area (Å²) in [5.74, 6) is -1.71. The highest BCUT2D eigenvalue weighted by atomic mass is 16.4. The number of benzene rings is 2. The Hall–Kier alpha value is -2.75. The Bertz CT molecular complexity index is 633. The predicted molar refractivity (Wildman–Crippen MR) is 71.8 cm³/mol. The van der Waals surface area contributed by atoms with E-state index in [1.54, 1.807) is 24.3 Å². The fourth-order valence-corrected chi connectivity index (χ4v) is 1.60. The highest BCUT2D eigenvalue weighted by Gasteiger charge is 2.14. The lowest BCUT2D eigenvalue weighted by atomic mass is 10.1. The molecule has 0 saturated heterocycles. The first-order chi connectivity index (χ1) is 9.18. The highest BCUT2D eigenvalue weighted by Crippen LogP contribution is 2.10. The monoisotopic (exact) mass is 253 g/mol. The van der Waals surface area contributed by atoms with Crippen LogP contribution in [-0.4, -0.2) is 23.2 Å². The zero-order valence-electron chi connectivity index (χ0n) is 9.98. The van der Waals surface area contributed by atoms with Gasteiger partial charge in [0, 0.05) is 6.21 Å². The van der Waals surface area contributed by atoms with E-state index in [9.17, 15) is 9.59 Å². The summed E-state index contributed by atoms with van der Waals surface area (Å²) >= 11 is 0. The molecule has 2 rings (SSSR count). The van der Waals surface area contributed by atoms with Gasteiger partial charge in [0.25, 0.3) is 5.91 Å². The minimum Gasteiger partial charge on any atom is -0.478 e. The van der Waals surface area contributed by atoms with Gasteiger partial charge in [0.1, 0.15) is 0 Å². The molecule has 0 fully saturated rings. The second-order valence-electron chi connectivity index (χ2n) is 3.82. The standard InChI is InChI=1S/C15H11NO3/c17-14(16-10-11-6-2-1-3-7-11)12-8-4-5-9-13(12)15(18)19/h1-10H,(H,18,19). The molecule has 2 aromatic rings. The van der Waals surface area contributed by atoms with Crippen LogP contribution in [0.2, 0.25) is 0 Å². The second-order valence-corrected chi connectivity index (χ2v) is 3.82. The number of aliphatic imine (C=N–C) groups is 1. The van der Waals surface area contributed by atoms with E-state index in [4.69, 9.17) is 5.11 Å². The second kappa shape index (κ2) is 5.73. The Kier molecular flexibility index (Phi) is 3.83. The van der Waals surface area contributed by atoms with E-state index >= 15 is 0 Å². The zero-order valence-corrected chi connectivity index (χ0v) is 9.98. The molecular formula is C15H11NO3. The van der Waals surface area contributed by atoms with Gasteiger partial charge in [-0.25, -0.2) is 9.79 Å². The molecule has 0 heterocycles. The molecule has 4 heteroatoms. The minimum absolute atomic E-state index is 0.0438. The summed E-state index contributed by atoms with van der Waals surface area (Å²) in [4.78, 5) is 26.7. The van der Waals surface area contributed by atoms with Crippen molar-refractivity contribution in [3.8, 4) is 0 Å². The van der Waals surface area contributed by atoms with Crippen molar-refractivity contribution < 1.29 is 14.7 Å². The van der Waals surface area contributed by atoms with Crippen molar-refractivity contribution in [3.63, 3.8) is 0 Å². The van der Waals surface area contributed by atoms with Crippen LogP contribution in [-0.2, 0) is 0 Å². The third-order valence-electron chi connectivity index (χ3n) is 2.52. The van der Waals surface area contributed by atoms with Crippen LogP contribution in [0.5, 0.6) is 0 Å². The van der Waals surface area contributed by atoms with Gasteiger partial charge in [-0.3, -0.25) is 4.79 Å². The van der Waals surface area contributed by atoms with Gasteiger partial charge in [-0.2, -0.15) is 0 Å². The molecule has 0 saturated carbocycles. The quantitative estimate of drug-likeness (QED) is 0.855. The average molecular weight is 253 g/mol. The van der Waals surface area contributed by atoms with Crippen molar-refractivity contribution in [1.29, 1.82) is 0 Å². The van der Waals surface area contributed by atoms with Crippen LogP contribution < -0.4 is 0 Å². The number of carboxylic acid groups (broad SMARTS) is 1. The predicted octanol–water partition coefficient (Wildman–Crippen LogP) is 2.64. The summed E-state index contributed by atoms with van der Waals surface area (Å²) < 4.78 is 0. The Morgan fingerprint density at radius 2 is 1.47 bits per heavy atom. The molecular weight excluding hydrogens is 242 g/mol. The van der Waals surface area contributed by atoms with Crippen LogP contribution in [0.1, 0.15) is 26.3 Å². The first kappa shape index (κ1) is 12.7. The molecule has 0 radical (unpaired) electrons. The van der Waals surface area contributed by atoms with E-state index in [0.717, 1.165) is 5.56 Å². The lowest BCUT2D eigenvalue weighted by Gasteiger charge is -2.00. The molecule has 0 aliphatic carbocycles. The van der Waals surface area contributed by atoms with Crippen molar-refractivity contribution >= 4 is 18.1 Å². The molecule has 0 spiro atoms. The van der Waals surface area contributed by atoms with Gasteiger partial charge in [0.05, 0.1) is 11.1 Å². The Labute approximate surface area is 110 Å². The molecule has 0 aliphatic heterocycles. The van der Waals surface area contributed by atoms with Crippen LogP contribution in [0.3, 0.4) is 0 Å². The summed E-state index contributed by atoms with van der Waals surface area (Å²) in [6.07, 6.45) is 1.42. The third kappa shape index (κ3) is 3.13. The van der Waals surface area contributed by atoms with E-state index < -0.39 is 11.9 Å². The fraction of sp³-hybridized carbons (Fsp3) is 0. The molecule has 94 valence electrons. The van der Waals surface area contributed by atoms with Crippen molar-refractivity contribution in [2.45, 2.75) is 0 Å². The van der Waals surface area contributed by atoms with Crippen molar-refractivity contribution in [3.05, 3.63) is 71.3 Å². The minimum atomic E-state index is -1.14. The largest absolute Gasteiger partial charge is 0.478 e. The molecule has 4 nitrogen and oxygen atoms in total. The van der Waals surface area contributed by atoms with E-state index in [1.807, 2.05) is 18.2 Å². The molecule has 0 atom stereocenters. The van der Waals surface area contributed by atoms with Crippen molar-refractivity contribution in [2.75, 3.05) is 0 Å². The van der Waals surface area contributed by atoms with Crippen LogP contribution in [0.4, 0.5) is 0 Å². The number of hydrogen-bond acceptors (Lipinski definition) is 2. The number of carbonyl (C=O) groups excluding carboxylic acids is 1. The van der Waals surface area contributed by atoms with Crippen LogP contribution in [0, 0.1) is 0 Å². The fourth-order valence-electron chi connectivity index (χ4n) is 1.60.